The van der Waals surface area contributed by atoms with Crippen LogP contribution in [0, 0.1) is 18.3 Å². The average Bonchev–Trinajstić information content (AvgIpc) is 2.43. The van der Waals surface area contributed by atoms with Gasteiger partial charge in [0.15, 0.2) is 0 Å². The van der Waals surface area contributed by atoms with Crippen molar-refractivity contribution in [3.63, 3.8) is 0 Å². The van der Waals surface area contributed by atoms with Crippen LogP contribution in [-0.4, -0.2) is 9.55 Å². The van der Waals surface area contributed by atoms with Crippen molar-refractivity contribution in [3.05, 3.63) is 17.7 Å². The van der Waals surface area contributed by atoms with E-state index in [1.807, 2.05) is 10.9 Å². The third-order valence-electron chi connectivity index (χ3n) is 2.15. The van der Waals surface area contributed by atoms with Gasteiger partial charge in [-0.15, -0.1) is 0 Å². The summed E-state index contributed by atoms with van der Waals surface area (Å²) >= 11 is 0. The number of imidazole rings is 1. The lowest BCUT2D eigenvalue weighted by molar-refractivity contribution is 0.689. The highest BCUT2D eigenvalue weighted by Gasteiger charge is 2.08. The molecule has 0 radical (unpaired) electrons. The molecule has 13 heavy (non-hydrogen) atoms. The molecule has 0 saturated carbocycles. The number of hydrogen-bond acceptors (Lipinski definition) is 2. The fourth-order valence-electron chi connectivity index (χ4n) is 1.42. The Morgan fingerprint density at radius 1 is 1.62 bits per heavy atom. The predicted octanol–water partition coefficient (Wildman–Crippen LogP) is 2.23. The SMILES string of the molecule is Cc1c(C(C)C)ncn1CCC#N. The van der Waals surface area contributed by atoms with Crippen molar-refractivity contribution in [3.8, 4) is 6.07 Å². The number of rotatable bonds is 3. The predicted molar refractivity (Wildman–Crippen MR) is 51.3 cm³/mol. The Labute approximate surface area is 79.0 Å². The van der Waals surface area contributed by atoms with Gasteiger partial charge in [0.05, 0.1) is 24.5 Å². The third kappa shape index (κ3) is 2.09. The van der Waals surface area contributed by atoms with Gasteiger partial charge >= 0.3 is 0 Å². The van der Waals surface area contributed by atoms with E-state index in [0.717, 1.165) is 12.2 Å². The second kappa shape index (κ2) is 4.08. The Hall–Kier alpha value is -1.30. The third-order valence-corrected chi connectivity index (χ3v) is 2.15. The molecule has 0 aliphatic rings. The highest BCUT2D eigenvalue weighted by atomic mass is 15.1. The summed E-state index contributed by atoms with van der Waals surface area (Å²) in [5.74, 6) is 0.461. The summed E-state index contributed by atoms with van der Waals surface area (Å²) in [6.07, 6.45) is 2.37. The first-order valence-electron chi connectivity index (χ1n) is 4.55. The Kier molecular flexibility index (Phi) is 3.07. The van der Waals surface area contributed by atoms with Crippen LogP contribution in [0.1, 0.15) is 37.6 Å². The van der Waals surface area contributed by atoms with Gasteiger partial charge in [0.25, 0.3) is 0 Å². The van der Waals surface area contributed by atoms with E-state index in [2.05, 4.69) is 31.8 Å². The van der Waals surface area contributed by atoms with E-state index in [1.165, 1.54) is 5.69 Å². The molecule has 0 aliphatic carbocycles. The van der Waals surface area contributed by atoms with Gasteiger partial charge in [0.1, 0.15) is 0 Å². The van der Waals surface area contributed by atoms with Crippen molar-refractivity contribution in [1.82, 2.24) is 9.55 Å². The quantitative estimate of drug-likeness (QED) is 0.710. The van der Waals surface area contributed by atoms with Gasteiger partial charge in [-0.05, 0) is 12.8 Å². The number of aromatic nitrogens is 2. The molecule has 0 atom stereocenters. The van der Waals surface area contributed by atoms with Gasteiger partial charge < -0.3 is 4.57 Å². The topological polar surface area (TPSA) is 41.6 Å². The molecule has 0 fully saturated rings. The summed E-state index contributed by atoms with van der Waals surface area (Å²) in [6, 6.07) is 2.13. The first-order chi connectivity index (χ1) is 6.16. The van der Waals surface area contributed by atoms with Crippen molar-refractivity contribution in [2.45, 2.75) is 39.7 Å². The Balaban J connectivity index is 2.81. The molecule has 0 saturated heterocycles. The second-order valence-electron chi connectivity index (χ2n) is 3.47. The minimum absolute atomic E-state index is 0.461. The van der Waals surface area contributed by atoms with Gasteiger partial charge in [0.2, 0.25) is 0 Å². The average molecular weight is 177 g/mol. The summed E-state index contributed by atoms with van der Waals surface area (Å²) in [4.78, 5) is 4.32. The molecule has 1 heterocycles. The van der Waals surface area contributed by atoms with Crippen molar-refractivity contribution < 1.29 is 0 Å². The van der Waals surface area contributed by atoms with Crippen LogP contribution in [0.2, 0.25) is 0 Å². The van der Waals surface area contributed by atoms with Crippen molar-refractivity contribution >= 4 is 0 Å². The first kappa shape index (κ1) is 9.79. The van der Waals surface area contributed by atoms with E-state index >= 15 is 0 Å². The van der Waals surface area contributed by atoms with E-state index in [4.69, 9.17) is 5.26 Å². The summed E-state index contributed by atoms with van der Waals surface area (Å²) in [5, 5.41) is 8.45. The minimum atomic E-state index is 0.461. The molecule has 1 aromatic heterocycles. The van der Waals surface area contributed by atoms with Gasteiger partial charge in [-0.3, -0.25) is 0 Å². The van der Waals surface area contributed by atoms with Crippen molar-refractivity contribution in [1.29, 1.82) is 5.26 Å². The lowest BCUT2D eigenvalue weighted by atomic mass is 10.1. The maximum atomic E-state index is 8.45. The molecule has 0 N–H and O–H groups in total. The maximum Gasteiger partial charge on any atom is 0.0951 e. The standard InChI is InChI=1S/C10H15N3/c1-8(2)10-9(3)13(7-12-10)6-4-5-11/h7-8H,4,6H2,1-3H3. The smallest absolute Gasteiger partial charge is 0.0951 e. The number of nitriles is 1. The van der Waals surface area contributed by atoms with E-state index in [9.17, 15) is 0 Å². The summed E-state index contributed by atoms with van der Waals surface area (Å²) < 4.78 is 2.04. The number of nitrogens with zero attached hydrogens (tertiary/aromatic N) is 3. The fourth-order valence-corrected chi connectivity index (χ4v) is 1.42. The Morgan fingerprint density at radius 2 is 2.31 bits per heavy atom. The normalized spacial score (nSPS) is 10.4. The van der Waals surface area contributed by atoms with Crippen LogP contribution in [0.3, 0.4) is 0 Å². The van der Waals surface area contributed by atoms with Crippen LogP contribution in [0.15, 0.2) is 6.33 Å². The molecule has 3 heteroatoms. The van der Waals surface area contributed by atoms with E-state index in [-0.39, 0.29) is 0 Å². The van der Waals surface area contributed by atoms with Crippen LogP contribution in [0.4, 0.5) is 0 Å². The van der Waals surface area contributed by atoms with Gasteiger partial charge in [0, 0.05) is 12.2 Å². The molecule has 0 aliphatic heterocycles. The first-order valence-corrected chi connectivity index (χ1v) is 4.55. The molecule has 0 unspecified atom stereocenters. The Bertz CT molecular complexity index is 317. The van der Waals surface area contributed by atoms with Gasteiger partial charge in [-0.2, -0.15) is 5.26 Å². The molecule has 70 valence electrons. The maximum absolute atomic E-state index is 8.45. The largest absolute Gasteiger partial charge is 0.334 e. The lowest BCUT2D eigenvalue weighted by Gasteiger charge is -2.04. The summed E-state index contributed by atoms with van der Waals surface area (Å²) in [7, 11) is 0. The minimum Gasteiger partial charge on any atom is -0.334 e. The Morgan fingerprint density at radius 3 is 2.77 bits per heavy atom. The van der Waals surface area contributed by atoms with Crippen LogP contribution in [-0.2, 0) is 6.54 Å². The van der Waals surface area contributed by atoms with E-state index < -0.39 is 0 Å². The van der Waals surface area contributed by atoms with E-state index in [1.54, 1.807) is 0 Å². The zero-order valence-corrected chi connectivity index (χ0v) is 8.41. The van der Waals surface area contributed by atoms with Crippen LogP contribution < -0.4 is 0 Å². The van der Waals surface area contributed by atoms with Crippen LogP contribution in [0.5, 0.6) is 0 Å². The van der Waals surface area contributed by atoms with Gasteiger partial charge in [-0.25, -0.2) is 4.98 Å². The van der Waals surface area contributed by atoms with Crippen molar-refractivity contribution in [2.75, 3.05) is 0 Å². The monoisotopic (exact) mass is 177 g/mol. The molecule has 0 amide bonds. The zero-order valence-electron chi connectivity index (χ0n) is 8.41. The summed E-state index contributed by atoms with van der Waals surface area (Å²) in [5.41, 5.74) is 2.32. The molecule has 1 rings (SSSR count). The van der Waals surface area contributed by atoms with Crippen LogP contribution >= 0.6 is 0 Å². The van der Waals surface area contributed by atoms with Gasteiger partial charge in [-0.1, -0.05) is 13.8 Å². The second-order valence-corrected chi connectivity index (χ2v) is 3.47. The molecule has 0 aromatic carbocycles. The fraction of sp³-hybridized carbons (Fsp3) is 0.600. The number of hydrogen-bond donors (Lipinski definition) is 0. The zero-order chi connectivity index (χ0) is 9.84. The molecular formula is C10H15N3. The molecule has 0 bridgehead atoms. The number of aryl methyl sites for hydroxylation is 1. The van der Waals surface area contributed by atoms with Crippen LogP contribution in [0.25, 0.3) is 0 Å². The highest BCUT2D eigenvalue weighted by molar-refractivity contribution is 5.14. The van der Waals surface area contributed by atoms with Crippen molar-refractivity contribution in [2.24, 2.45) is 0 Å². The molecule has 3 nitrogen and oxygen atoms in total. The molecule has 1 aromatic rings. The van der Waals surface area contributed by atoms with E-state index in [0.29, 0.717) is 12.3 Å². The molecular weight excluding hydrogens is 162 g/mol. The lowest BCUT2D eigenvalue weighted by Crippen LogP contribution is -1.99. The summed E-state index contributed by atoms with van der Waals surface area (Å²) in [6.45, 7) is 7.07. The molecule has 0 spiro atoms. The highest BCUT2D eigenvalue weighted by Crippen LogP contribution is 2.16.